The number of hydrogen-bond acceptors (Lipinski definition) is 2. The molecule has 1 amide bonds. The van der Waals surface area contributed by atoms with Crippen molar-refractivity contribution in [2.75, 3.05) is 6.54 Å². The van der Waals surface area contributed by atoms with Gasteiger partial charge < -0.3 is 10.6 Å². The van der Waals surface area contributed by atoms with Crippen molar-refractivity contribution in [2.45, 2.75) is 64.5 Å². The SMILES string of the molecule is CCC(CC(=O)NC1CCCNC1C)c1ccc(C)cc1.Cl. The van der Waals surface area contributed by atoms with Crippen molar-refractivity contribution in [3.05, 3.63) is 35.4 Å². The molecule has 1 saturated heterocycles. The molecule has 1 aromatic carbocycles. The number of benzene rings is 1. The van der Waals surface area contributed by atoms with Crippen molar-refractivity contribution >= 4 is 18.3 Å². The average Bonchev–Trinajstić information content (AvgIpc) is 2.48. The van der Waals surface area contributed by atoms with Gasteiger partial charge in [-0.3, -0.25) is 4.79 Å². The summed E-state index contributed by atoms with van der Waals surface area (Å²) in [6, 6.07) is 9.22. The van der Waals surface area contributed by atoms with Gasteiger partial charge in [-0.05, 0) is 51.1 Å². The van der Waals surface area contributed by atoms with Crippen molar-refractivity contribution in [1.29, 1.82) is 0 Å². The third kappa shape index (κ3) is 5.29. The summed E-state index contributed by atoms with van der Waals surface area (Å²) in [5, 5.41) is 6.64. The van der Waals surface area contributed by atoms with E-state index in [-0.39, 0.29) is 24.4 Å². The lowest BCUT2D eigenvalue weighted by Crippen LogP contribution is -2.52. The van der Waals surface area contributed by atoms with Crippen LogP contribution in [0.1, 0.15) is 56.6 Å². The fourth-order valence-corrected chi connectivity index (χ4v) is 3.07. The molecular weight excluding hydrogens is 296 g/mol. The number of halogens is 1. The van der Waals surface area contributed by atoms with Crippen LogP contribution in [0.5, 0.6) is 0 Å². The van der Waals surface area contributed by atoms with Crippen LogP contribution in [-0.2, 0) is 4.79 Å². The quantitative estimate of drug-likeness (QED) is 0.869. The molecule has 1 aromatic rings. The Kier molecular flexibility index (Phi) is 7.91. The van der Waals surface area contributed by atoms with Gasteiger partial charge in [0, 0.05) is 18.5 Å². The normalized spacial score (nSPS) is 22.5. The summed E-state index contributed by atoms with van der Waals surface area (Å²) in [5.74, 6) is 0.500. The molecule has 4 heteroatoms. The van der Waals surface area contributed by atoms with E-state index in [4.69, 9.17) is 0 Å². The Morgan fingerprint density at radius 2 is 2.05 bits per heavy atom. The molecule has 2 N–H and O–H groups in total. The molecule has 1 heterocycles. The van der Waals surface area contributed by atoms with Gasteiger partial charge in [0.25, 0.3) is 0 Å². The number of hydrogen-bond donors (Lipinski definition) is 2. The van der Waals surface area contributed by atoms with Crippen LogP contribution >= 0.6 is 12.4 Å². The lowest BCUT2D eigenvalue weighted by molar-refractivity contribution is -0.122. The molecule has 0 aliphatic carbocycles. The topological polar surface area (TPSA) is 41.1 Å². The molecule has 1 fully saturated rings. The summed E-state index contributed by atoms with van der Waals surface area (Å²) in [6.45, 7) is 7.47. The van der Waals surface area contributed by atoms with Gasteiger partial charge in [-0.25, -0.2) is 0 Å². The summed E-state index contributed by atoms with van der Waals surface area (Å²) < 4.78 is 0. The second-order valence-corrected chi connectivity index (χ2v) is 6.28. The fraction of sp³-hybridized carbons (Fsp3) is 0.611. The highest BCUT2D eigenvalue weighted by Crippen LogP contribution is 2.23. The summed E-state index contributed by atoms with van der Waals surface area (Å²) >= 11 is 0. The van der Waals surface area contributed by atoms with Crippen molar-refractivity contribution in [2.24, 2.45) is 0 Å². The van der Waals surface area contributed by atoms with E-state index in [2.05, 4.69) is 55.7 Å². The molecule has 0 aromatic heterocycles. The zero-order valence-electron chi connectivity index (χ0n) is 13.9. The maximum Gasteiger partial charge on any atom is 0.220 e. The van der Waals surface area contributed by atoms with Gasteiger partial charge in [0.2, 0.25) is 5.91 Å². The first-order valence-electron chi connectivity index (χ1n) is 8.19. The minimum atomic E-state index is 0. The van der Waals surface area contributed by atoms with Gasteiger partial charge in [-0.1, -0.05) is 36.8 Å². The van der Waals surface area contributed by atoms with Crippen molar-refractivity contribution in [1.82, 2.24) is 10.6 Å². The highest BCUT2D eigenvalue weighted by Gasteiger charge is 2.23. The zero-order chi connectivity index (χ0) is 15.2. The van der Waals surface area contributed by atoms with Gasteiger partial charge >= 0.3 is 0 Å². The van der Waals surface area contributed by atoms with Gasteiger partial charge in [0.15, 0.2) is 0 Å². The number of carbonyl (C=O) groups is 1. The number of aryl methyl sites for hydroxylation is 1. The second kappa shape index (κ2) is 9.16. The molecule has 3 atom stereocenters. The minimum absolute atomic E-state index is 0. The van der Waals surface area contributed by atoms with Crippen LogP contribution in [0.2, 0.25) is 0 Å². The zero-order valence-corrected chi connectivity index (χ0v) is 14.7. The smallest absolute Gasteiger partial charge is 0.220 e. The lowest BCUT2D eigenvalue weighted by Gasteiger charge is -2.31. The minimum Gasteiger partial charge on any atom is -0.352 e. The van der Waals surface area contributed by atoms with Gasteiger partial charge in [-0.15, -0.1) is 12.4 Å². The molecule has 3 unspecified atom stereocenters. The molecule has 1 aliphatic heterocycles. The number of carbonyl (C=O) groups excluding carboxylic acids is 1. The van der Waals surface area contributed by atoms with Crippen molar-refractivity contribution in [3.8, 4) is 0 Å². The third-order valence-corrected chi connectivity index (χ3v) is 4.58. The van der Waals surface area contributed by atoms with Gasteiger partial charge in [-0.2, -0.15) is 0 Å². The third-order valence-electron chi connectivity index (χ3n) is 4.58. The molecule has 0 radical (unpaired) electrons. The fourth-order valence-electron chi connectivity index (χ4n) is 3.07. The van der Waals surface area contributed by atoms with Crippen LogP contribution in [0.4, 0.5) is 0 Å². The summed E-state index contributed by atoms with van der Waals surface area (Å²) in [7, 11) is 0. The van der Waals surface area contributed by atoms with Crippen LogP contribution in [-0.4, -0.2) is 24.5 Å². The largest absolute Gasteiger partial charge is 0.352 e. The first kappa shape index (κ1) is 19.0. The molecule has 22 heavy (non-hydrogen) atoms. The Morgan fingerprint density at radius 3 is 2.64 bits per heavy atom. The van der Waals surface area contributed by atoms with E-state index < -0.39 is 0 Å². The van der Waals surface area contributed by atoms with Gasteiger partial charge in [0.05, 0.1) is 0 Å². The number of piperidine rings is 1. The molecule has 0 bridgehead atoms. The van der Waals surface area contributed by atoms with Crippen molar-refractivity contribution in [3.63, 3.8) is 0 Å². The highest BCUT2D eigenvalue weighted by molar-refractivity contribution is 5.85. The summed E-state index contributed by atoms with van der Waals surface area (Å²) in [5.41, 5.74) is 2.54. The van der Waals surface area contributed by atoms with Crippen molar-refractivity contribution < 1.29 is 4.79 Å². The lowest BCUT2D eigenvalue weighted by atomic mass is 9.91. The Balaban J connectivity index is 0.00000242. The molecule has 124 valence electrons. The Morgan fingerprint density at radius 1 is 1.36 bits per heavy atom. The van der Waals surface area contributed by atoms with E-state index in [1.807, 2.05) is 0 Å². The number of nitrogens with one attached hydrogen (secondary N) is 2. The first-order chi connectivity index (χ1) is 10.1. The molecule has 2 rings (SSSR count). The summed E-state index contributed by atoms with van der Waals surface area (Å²) in [4.78, 5) is 12.3. The van der Waals surface area contributed by atoms with E-state index >= 15 is 0 Å². The second-order valence-electron chi connectivity index (χ2n) is 6.28. The highest BCUT2D eigenvalue weighted by atomic mass is 35.5. The van der Waals surface area contributed by atoms with E-state index in [1.54, 1.807) is 0 Å². The van der Waals surface area contributed by atoms with Crippen LogP contribution in [0.15, 0.2) is 24.3 Å². The van der Waals surface area contributed by atoms with Crippen LogP contribution in [0.3, 0.4) is 0 Å². The van der Waals surface area contributed by atoms with Crippen LogP contribution in [0, 0.1) is 6.92 Å². The average molecular weight is 325 g/mol. The standard InChI is InChI=1S/C18H28N2O.ClH/c1-4-15(16-9-7-13(2)8-10-16)12-18(21)20-17-6-5-11-19-14(17)3;/h7-10,14-15,17,19H,4-6,11-12H2,1-3H3,(H,20,21);1H. The predicted octanol–water partition coefficient (Wildman–Crippen LogP) is 3.56. The predicted molar refractivity (Wildman–Crippen MR) is 94.7 cm³/mol. The molecule has 0 spiro atoms. The molecular formula is C18H29ClN2O. The van der Waals surface area contributed by atoms with E-state index in [9.17, 15) is 4.79 Å². The van der Waals surface area contributed by atoms with Gasteiger partial charge in [0.1, 0.15) is 0 Å². The Hall–Kier alpha value is -1.06. The molecule has 0 saturated carbocycles. The molecule has 1 aliphatic rings. The van der Waals surface area contributed by atoms with Crippen LogP contribution in [0.25, 0.3) is 0 Å². The van der Waals surface area contributed by atoms with E-state index in [1.165, 1.54) is 11.1 Å². The Bertz CT molecular complexity index is 461. The first-order valence-corrected chi connectivity index (χ1v) is 8.19. The maximum atomic E-state index is 12.3. The number of rotatable bonds is 5. The summed E-state index contributed by atoms with van der Waals surface area (Å²) in [6.07, 6.45) is 3.81. The van der Waals surface area contributed by atoms with E-state index in [0.717, 1.165) is 25.8 Å². The van der Waals surface area contributed by atoms with E-state index in [0.29, 0.717) is 18.4 Å². The van der Waals surface area contributed by atoms with Crippen LogP contribution < -0.4 is 10.6 Å². The monoisotopic (exact) mass is 324 g/mol. The molecule has 3 nitrogen and oxygen atoms in total. The Labute approximate surface area is 140 Å². The number of amides is 1. The maximum absolute atomic E-state index is 12.3.